The monoisotopic (exact) mass is 447 g/mol. The molecular weight excluding hydrogens is 428 g/mol. The van der Waals surface area contributed by atoms with Crippen LogP contribution in [0.4, 0.5) is 32.0 Å². The van der Waals surface area contributed by atoms with Gasteiger partial charge in [0.15, 0.2) is 0 Å². The molecule has 1 atom stereocenters. The van der Waals surface area contributed by atoms with Gasteiger partial charge < -0.3 is 5.32 Å². The maximum Gasteiger partial charge on any atom is 0.416 e. The van der Waals surface area contributed by atoms with E-state index >= 15 is 0 Å². The average Bonchev–Trinajstić information content (AvgIpc) is 2.72. The molecule has 3 N–H and O–H groups in total. The van der Waals surface area contributed by atoms with Crippen molar-refractivity contribution < 1.29 is 31.1 Å². The first kappa shape index (κ1) is 22.8. The smallest absolute Gasteiger partial charge is 0.314 e. The SMILES string of the molecule is O=C(NNc1cc(C(F)(F)F)cc(C(F)(F)F)c1)C(c1ccccn1)N1CCNCC1. The van der Waals surface area contributed by atoms with Gasteiger partial charge in [0.1, 0.15) is 6.04 Å². The maximum absolute atomic E-state index is 13.0. The van der Waals surface area contributed by atoms with Gasteiger partial charge in [-0.1, -0.05) is 6.07 Å². The quantitative estimate of drug-likeness (QED) is 0.485. The summed E-state index contributed by atoms with van der Waals surface area (Å²) in [6.45, 7) is 2.26. The summed E-state index contributed by atoms with van der Waals surface area (Å²) in [5.41, 5.74) is 1.31. The number of benzene rings is 1. The van der Waals surface area contributed by atoms with E-state index in [4.69, 9.17) is 0 Å². The van der Waals surface area contributed by atoms with Crippen LogP contribution in [-0.2, 0) is 17.1 Å². The van der Waals surface area contributed by atoms with E-state index < -0.39 is 41.1 Å². The second kappa shape index (κ2) is 9.10. The van der Waals surface area contributed by atoms with Crippen molar-refractivity contribution in [2.75, 3.05) is 31.6 Å². The Kier molecular flexibility index (Phi) is 6.70. The number of carbonyl (C=O) groups excluding carboxylic acids is 1. The van der Waals surface area contributed by atoms with Crippen LogP contribution in [0.15, 0.2) is 42.6 Å². The van der Waals surface area contributed by atoms with Gasteiger partial charge in [0.2, 0.25) is 0 Å². The summed E-state index contributed by atoms with van der Waals surface area (Å²) in [4.78, 5) is 18.9. The zero-order chi connectivity index (χ0) is 22.6. The molecule has 1 amide bonds. The minimum absolute atomic E-state index is 0.0183. The third-order valence-corrected chi connectivity index (χ3v) is 4.65. The molecule has 0 radical (unpaired) electrons. The van der Waals surface area contributed by atoms with E-state index in [1.165, 1.54) is 6.20 Å². The molecule has 168 valence electrons. The number of nitrogens with zero attached hydrogens (tertiary/aromatic N) is 2. The molecule has 3 rings (SSSR count). The first-order valence-corrected chi connectivity index (χ1v) is 9.27. The summed E-state index contributed by atoms with van der Waals surface area (Å²) >= 11 is 0. The van der Waals surface area contributed by atoms with Crippen molar-refractivity contribution in [3.63, 3.8) is 0 Å². The lowest BCUT2D eigenvalue weighted by molar-refractivity contribution is -0.143. The Labute approximate surface area is 173 Å². The Morgan fingerprint density at radius 1 is 1.00 bits per heavy atom. The topological polar surface area (TPSA) is 69.3 Å². The van der Waals surface area contributed by atoms with E-state index in [0.717, 1.165) is 0 Å². The lowest BCUT2D eigenvalue weighted by atomic mass is 10.1. The van der Waals surface area contributed by atoms with Crippen LogP contribution in [0, 0.1) is 0 Å². The van der Waals surface area contributed by atoms with Gasteiger partial charge in [0.05, 0.1) is 22.5 Å². The molecule has 31 heavy (non-hydrogen) atoms. The van der Waals surface area contributed by atoms with Crippen LogP contribution >= 0.6 is 0 Å². The normalized spacial score (nSPS) is 16.6. The predicted molar refractivity (Wildman–Crippen MR) is 99.6 cm³/mol. The number of piperazine rings is 1. The molecule has 0 aliphatic carbocycles. The second-order valence-corrected chi connectivity index (χ2v) is 6.85. The fourth-order valence-electron chi connectivity index (χ4n) is 3.19. The molecule has 1 aromatic carbocycles. The van der Waals surface area contributed by atoms with Gasteiger partial charge in [0, 0.05) is 32.4 Å². The summed E-state index contributed by atoms with van der Waals surface area (Å²) in [7, 11) is 0. The molecule has 1 aliphatic rings. The Morgan fingerprint density at radius 2 is 1.61 bits per heavy atom. The fourth-order valence-corrected chi connectivity index (χ4v) is 3.19. The maximum atomic E-state index is 13.0. The summed E-state index contributed by atoms with van der Waals surface area (Å²) < 4.78 is 78.1. The Bertz CT molecular complexity index is 865. The van der Waals surface area contributed by atoms with Crippen molar-refractivity contribution in [1.29, 1.82) is 0 Å². The standard InChI is InChI=1S/C19H19F6N5O/c20-18(21,22)12-9-13(19(23,24)25)11-14(10-12)28-29-17(31)16(15-3-1-2-4-27-15)30-7-5-26-6-8-30/h1-4,9-11,16,26,28H,5-8H2,(H,29,31). The van der Waals surface area contributed by atoms with E-state index in [0.29, 0.717) is 44.0 Å². The van der Waals surface area contributed by atoms with Crippen molar-refractivity contribution in [3.05, 3.63) is 59.4 Å². The van der Waals surface area contributed by atoms with Crippen LogP contribution in [0.2, 0.25) is 0 Å². The number of rotatable bonds is 5. The summed E-state index contributed by atoms with van der Waals surface area (Å²) in [6, 6.07) is 5.11. The molecule has 1 unspecified atom stereocenters. The van der Waals surface area contributed by atoms with Gasteiger partial charge >= 0.3 is 12.4 Å². The average molecular weight is 447 g/mol. The molecule has 1 saturated heterocycles. The van der Waals surface area contributed by atoms with Crippen LogP contribution in [0.25, 0.3) is 0 Å². The van der Waals surface area contributed by atoms with Crippen LogP contribution in [0.5, 0.6) is 0 Å². The van der Waals surface area contributed by atoms with Crippen molar-refractivity contribution in [2.24, 2.45) is 0 Å². The number of carbonyl (C=O) groups is 1. The highest BCUT2D eigenvalue weighted by Gasteiger charge is 2.37. The number of amides is 1. The zero-order valence-corrected chi connectivity index (χ0v) is 16.0. The highest BCUT2D eigenvalue weighted by Crippen LogP contribution is 2.37. The Balaban J connectivity index is 1.83. The predicted octanol–water partition coefficient (Wildman–Crippen LogP) is 3.21. The second-order valence-electron chi connectivity index (χ2n) is 6.85. The van der Waals surface area contributed by atoms with Crippen molar-refractivity contribution in [1.82, 2.24) is 20.6 Å². The third kappa shape index (κ3) is 5.85. The summed E-state index contributed by atoms with van der Waals surface area (Å²) in [5.74, 6) is -0.661. The highest BCUT2D eigenvalue weighted by molar-refractivity contribution is 5.84. The van der Waals surface area contributed by atoms with Gasteiger partial charge in [0.25, 0.3) is 5.91 Å². The summed E-state index contributed by atoms with van der Waals surface area (Å²) in [6.07, 6.45) is -8.48. The Morgan fingerprint density at radius 3 is 2.13 bits per heavy atom. The number of anilines is 1. The molecule has 0 saturated carbocycles. The van der Waals surface area contributed by atoms with Crippen LogP contribution < -0.4 is 16.2 Å². The zero-order valence-electron chi connectivity index (χ0n) is 16.0. The van der Waals surface area contributed by atoms with E-state index in [1.54, 1.807) is 18.2 Å². The first-order chi connectivity index (χ1) is 14.6. The van der Waals surface area contributed by atoms with E-state index in [1.807, 2.05) is 4.90 Å². The Hall–Kier alpha value is -2.86. The van der Waals surface area contributed by atoms with Gasteiger partial charge in [-0.15, -0.1) is 0 Å². The number of pyridine rings is 1. The van der Waals surface area contributed by atoms with Gasteiger partial charge in [-0.25, -0.2) is 0 Å². The van der Waals surface area contributed by atoms with Crippen LogP contribution in [-0.4, -0.2) is 42.0 Å². The van der Waals surface area contributed by atoms with Crippen LogP contribution in [0.1, 0.15) is 22.9 Å². The van der Waals surface area contributed by atoms with E-state index in [-0.39, 0.29) is 6.07 Å². The molecule has 1 aromatic heterocycles. The van der Waals surface area contributed by atoms with Gasteiger partial charge in [-0.2, -0.15) is 26.3 Å². The van der Waals surface area contributed by atoms with E-state index in [9.17, 15) is 31.1 Å². The lowest BCUT2D eigenvalue weighted by Crippen LogP contribution is -2.50. The summed E-state index contributed by atoms with van der Waals surface area (Å²) in [5, 5.41) is 3.14. The lowest BCUT2D eigenvalue weighted by Gasteiger charge is -2.33. The number of halogens is 6. The fraction of sp³-hybridized carbons (Fsp3) is 0.368. The molecule has 6 nitrogen and oxygen atoms in total. The van der Waals surface area contributed by atoms with Crippen molar-refractivity contribution in [2.45, 2.75) is 18.4 Å². The van der Waals surface area contributed by atoms with Crippen molar-refractivity contribution >= 4 is 11.6 Å². The van der Waals surface area contributed by atoms with E-state index in [2.05, 4.69) is 21.2 Å². The number of hydrazine groups is 1. The molecule has 1 aliphatic heterocycles. The molecular formula is C19H19F6N5O. The number of hydrogen-bond donors (Lipinski definition) is 3. The first-order valence-electron chi connectivity index (χ1n) is 9.27. The molecule has 2 heterocycles. The van der Waals surface area contributed by atoms with Gasteiger partial charge in [-0.3, -0.25) is 25.5 Å². The number of alkyl halides is 6. The molecule has 0 spiro atoms. The highest BCUT2D eigenvalue weighted by atomic mass is 19.4. The number of nitrogens with one attached hydrogen (secondary N) is 3. The van der Waals surface area contributed by atoms with Crippen LogP contribution in [0.3, 0.4) is 0 Å². The molecule has 1 fully saturated rings. The third-order valence-electron chi connectivity index (χ3n) is 4.65. The molecule has 2 aromatic rings. The molecule has 0 bridgehead atoms. The largest absolute Gasteiger partial charge is 0.416 e. The van der Waals surface area contributed by atoms with Crippen molar-refractivity contribution in [3.8, 4) is 0 Å². The minimum atomic E-state index is -4.99. The number of aromatic nitrogens is 1. The molecule has 12 heteroatoms. The minimum Gasteiger partial charge on any atom is -0.314 e. The number of hydrogen-bond acceptors (Lipinski definition) is 5. The van der Waals surface area contributed by atoms with Gasteiger partial charge in [-0.05, 0) is 30.3 Å².